The van der Waals surface area contributed by atoms with Gasteiger partial charge in [-0.25, -0.2) is 0 Å². The number of oxime groups is 1. The van der Waals surface area contributed by atoms with E-state index in [0.717, 1.165) is 58.0 Å². The summed E-state index contributed by atoms with van der Waals surface area (Å²) in [5.74, 6) is 1.38. The molecule has 0 aromatic carbocycles. The van der Waals surface area contributed by atoms with Crippen molar-refractivity contribution in [3.8, 4) is 0 Å². The molecule has 33 heavy (non-hydrogen) atoms. The summed E-state index contributed by atoms with van der Waals surface area (Å²) in [7, 11) is 0. The van der Waals surface area contributed by atoms with Gasteiger partial charge in [0, 0.05) is 12.0 Å². The van der Waals surface area contributed by atoms with Crippen LogP contribution in [0.3, 0.4) is 0 Å². The first-order chi connectivity index (χ1) is 15.7. The molecule has 8 atom stereocenters. The molecule has 0 aromatic rings. The SMILES string of the molecule is C[C@]12CCC(OCCCN)CC1CC[C@@H]1[C@H]2CC[C@]2(C)C(O)(/C=N/OCCCN)CC[C@@]12O. The van der Waals surface area contributed by atoms with Crippen LogP contribution in [-0.2, 0) is 9.57 Å². The molecule has 4 aliphatic carbocycles. The second kappa shape index (κ2) is 9.73. The molecule has 4 saturated carbocycles. The topological polar surface area (TPSA) is 123 Å². The minimum absolute atomic E-state index is 0.229. The summed E-state index contributed by atoms with van der Waals surface area (Å²) in [4.78, 5) is 5.33. The fraction of sp³-hybridized carbons (Fsp3) is 0.962. The van der Waals surface area contributed by atoms with Crippen molar-refractivity contribution >= 4 is 6.21 Å². The Morgan fingerprint density at radius 3 is 2.42 bits per heavy atom. The van der Waals surface area contributed by atoms with Gasteiger partial charge in [-0.3, -0.25) is 0 Å². The predicted octanol–water partition coefficient (Wildman–Crippen LogP) is 2.96. The summed E-state index contributed by atoms with van der Waals surface area (Å²) in [5, 5.41) is 28.0. The minimum atomic E-state index is -1.14. The van der Waals surface area contributed by atoms with E-state index in [2.05, 4.69) is 19.0 Å². The van der Waals surface area contributed by atoms with Crippen molar-refractivity contribution in [2.75, 3.05) is 26.3 Å². The third-order valence-corrected chi connectivity index (χ3v) is 10.5. The highest BCUT2D eigenvalue weighted by Gasteiger charge is 2.71. The van der Waals surface area contributed by atoms with Crippen molar-refractivity contribution in [2.24, 2.45) is 45.2 Å². The Balaban J connectivity index is 1.47. The molecular weight excluding hydrogens is 418 g/mol. The van der Waals surface area contributed by atoms with E-state index in [1.165, 1.54) is 6.42 Å². The summed E-state index contributed by atoms with van der Waals surface area (Å²) in [6, 6.07) is 0. The third-order valence-electron chi connectivity index (χ3n) is 10.5. The molecule has 0 amide bonds. The first-order valence-corrected chi connectivity index (χ1v) is 13.4. The fourth-order valence-corrected chi connectivity index (χ4v) is 8.26. The average molecular weight is 466 g/mol. The molecule has 4 aliphatic rings. The molecule has 3 unspecified atom stereocenters. The normalized spacial score (nSPS) is 47.2. The Morgan fingerprint density at radius 2 is 1.67 bits per heavy atom. The van der Waals surface area contributed by atoms with Gasteiger partial charge in [0.1, 0.15) is 12.2 Å². The van der Waals surface area contributed by atoms with Gasteiger partial charge in [-0.2, -0.15) is 0 Å². The maximum Gasteiger partial charge on any atom is 0.118 e. The number of hydrogen-bond donors (Lipinski definition) is 4. The number of aliphatic hydroxyl groups is 2. The zero-order valence-electron chi connectivity index (χ0n) is 20.8. The maximum absolute atomic E-state index is 12.2. The zero-order valence-corrected chi connectivity index (χ0v) is 20.8. The van der Waals surface area contributed by atoms with Gasteiger partial charge < -0.3 is 31.3 Å². The lowest BCUT2D eigenvalue weighted by atomic mass is 9.43. The van der Waals surface area contributed by atoms with E-state index in [9.17, 15) is 10.2 Å². The number of hydrogen-bond acceptors (Lipinski definition) is 7. The van der Waals surface area contributed by atoms with Gasteiger partial charge in [0.2, 0.25) is 0 Å². The van der Waals surface area contributed by atoms with E-state index >= 15 is 0 Å². The van der Waals surface area contributed by atoms with Gasteiger partial charge in [-0.05, 0) is 107 Å². The van der Waals surface area contributed by atoms with Gasteiger partial charge in [0.25, 0.3) is 0 Å². The van der Waals surface area contributed by atoms with Crippen molar-refractivity contribution in [3.05, 3.63) is 0 Å². The van der Waals surface area contributed by atoms with E-state index in [0.29, 0.717) is 50.5 Å². The Kier molecular flexibility index (Phi) is 7.48. The second-order valence-corrected chi connectivity index (χ2v) is 11.8. The monoisotopic (exact) mass is 465 g/mol. The lowest BCUT2D eigenvalue weighted by Crippen LogP contribution is -2.65. The second-order valence-electron chi connectivity index (χ2n) is 11.8. The average Bonchev–Trinajstić information content (AvgIpc) is 3.01. The van der Waals surface area contributed by atoms with Crippen LogP contribution >= 0.6 is 0 Å². The van der Waals surface area contributed by atoms with E-state index in [1.54, 1.807) is 6.21 Å². The predicted molar refractivity (Wildman–Crippen MR) is 130 cm³/mol. The first kappa shape index (κ1) is 25.4. The van der Waals surface area contributed by atoms with Crippen LogP contribution in [0.25, 0.3) is 0 Å². The minimum Gasteiger partial charge on any atom is -0.396 e. The summed E-state index contributed by atoms with van der Waals surface area (Å²) in [6.07, 6.45) is 12.2. The lowest BCUT2D eigenvalue weighted by Gasteiger charge is -2.64. The van der Waals surface area contributed by atoms with Gasteiger partial charge in [-0.15, -0.1) is 0 Å². The Bertz CT molecular complexity index is 707. The number of ether oxygens (including phenoxy) is 1. The molecule has 0 spiro atoms. The molecule has 0 heterocycles. The maximum atomic E-state index is 12.2. The summed E-state index contributed by atoms with van der Waals surface area (Å²) < 4.78 is 6.15. The van der Waals surface area contributed by atoms with Crippen molar-refractivity contribution in [2.45, 2.75) is 102 Å². The first-order valence-electron chi connectivity index (χ1n) is 13.4. The number of fused-ring (bicyclic) bond motifs is 5. The molecule has 190 valence electrons. The standard InChI is InChI=1S/C26H47N3O4/c1-23-9-7-20(32-15-3-13-27)17-19(23)5-6-22-21(23)8-10-24(2)25(30,11-12-26(22,24)31)18-29-33-16-4-14-28/h18-22,30-31H,3-17,27-28H2,1-2H3/b29-18+/t19?,20?,21-,22-,23+,24-,25?,26-/m1/s1. The largest absolute Gasteiger partial charge is 0.396 e. The smallest absolute Gasteiger partial charge is 0.118 e. The molecule has 7 nitrogen and oxygen atoms in total. The van der Waals surface area contributed by atoms with Crippen LogP contribution < -0.4 is 11.5 Å². The van der Waals surface area contributed by atoms with Crippen molar-refractivity contribution in [1.82, 2.24) is 0 Å². The number of nitrogens with zero attached hydrogens (tertiary/aromatic N) is 1. The Hall–Kier alpha value is -0.730. The zero-order chi connectivity index (χ0) is 23.7. The van der Waals surface area contributed by atoms with E-state index in [4.69, 9.17) is 21.0 Å². The van der Waals surface area contributed by atoms with Crippen LogP contribution in [0.1, 0.15) is 84.5 Å². The molecule has 0 aromatic heterocycles. The lowest BCUT2D eigenvalue weighted by molar-refractivity contribution is -0.225. The van der Waals surface area contributed by atoms with Crippen molar-refractivity contribution in [3.63, 3.8) is 0 Å². The molecule has 7 heteroatoms. The number of rotatable bonds is 9. The van der Waals surface area contributed by atoms with Gasteiger partial charge >= 0.3 is 0 Å². The van der Waals surface area contributed by atoms with E-state index in [-0.39, 0.29) is 11.3 Å². The van der Waals surface area contributed by atoms with Crippen LogP contribution in [0.15, 0.2) is 5.16 Å². The van der Waals surface area contributed by atoms with E-state index in [1.807, 2.05) is 0 Å². The molecule has 4 fully saturated rings. The molecule has 0 saturated heterocycles. The Labute approximate surface area is 199 Å². The van der Waals surface area contributed by atoms with Crippen molar-refractivity contribution < 1.29 is 19.8 Å². The third kappa shape index (κ3) is 4.16. The van der Waals surface area contributed by atoms with E-state index < -0.39 is 16.6 Å². The summed E-state index contributed by atoms with van der Waals surface area (Å²) in [5.41, 5.74) is 8.79. The highest BCUT2D eigenvalue weighted by atomic mass is 16.6. The van der Waals surface area contributed by atoms with Crippen molar-refractivity contribution in [1.29, 1.82) is 0 Å². The fourth-order valence-electron chi connectivity index (χ4n) is 8.26. The van der Waals surface area contributed by atoms with Gasteiger partial charge in [0.05, 0.1) is 17.9 Å². The molecule has 4 rings (SSSR count). The number of nitrogens with two attached hydrogens (primary N) is 2. The molecule has 6 N–H and O–H groups in total. The highest BCUT2D eigenvalue weighted by Crippen LogP contribution is 2.69. The Morgan fingerprint density at radius 1 is 0.909 bits per heavy atom. The molecular formula is C26H47N3O4. The van der Waals surface area contributed by atoms with Crippen LogP contribution in [0.5, 0.6) is 0 Å². The van der Waals surface area contributed by atoms with Crippen LogP contribution in [0, 0.1) is 28.6 Å². The molecule has 0 radical (unpaired) electrons. The summed E-state index contributed by atoms with van der Waals surface area (Å²) in [6.45, 7) is 7.02. The molecule has 0 aliphatic heterocycles. The van der Waals surface area contributed by atoms with Crippen LogP contribution in [-0.4, -0.2) is 60.0 Å². The van der Waals surface area contributed by atoms with Crippen LogP contribution in [0.2, 0.25) is 0 Å². The highest BCUT2D eigenvalue weighted by molar-refractivity contribution is 5.71. The van der Waals surface area contributed by atoms with Crippen LogP contribution in [0.4, 0.5) is 0 Å². The quantitative estimate of drug-likeness (QED) is 0.236. The molecule has 0 bridgehead atoms. The van der Waals surface area contributed by atoms with Gasteiger partial charge in [0.15, 0.2) is 0 Å². The summed E-state index contributed by atoms with van der Waals surface area (Å²) >= 11 is 0. The van der Waals surface area contributed by atoms with Gasteiger partial charge in [-0.1, -0.05) is 19.0 Å².